The van der Waals surface area contributed by atoms with Crippen molar-refractivity contribution in [2.75, 3.05) is 19.0 Å². The zero-order chi connectivity index (χ0) is 22.4. The number of hydrogen-bond acceptors (Lipinski definition) is 7. The van der Waals surface area contributed by atoms with Crippen LogP contribution >= 0.6 is 0 Å². The van der Waals surface area contributed by atoms with Crippen LogP contribution in [-0.2, 0) is 0 Å². The van der Waals surface area contributed by atoms with Crippen molar-refractivity contribution in [3.8, 4) is 0 Å². The predicted octanol–water partition coefficient (Wildman–Crippen LogP) is 2.66. The van der Waals surface area contributed by atoms with Gasteiger partial charge in [0.1, 0.15) is 23.1 Å². The minimum Gasteiger partial charge on any atom is -0.394 e. The van der Waals surface area contributed by atoms with Crippen LogP contribution in [0.4, 0.5) is 10.2 Å². The molecule has 1 aromatic carbocycles. The number of pyridine rings is 2. The number of carbonyl (C=O) groups excluding carboxylic acids is 1. The molecule has 31 heavy (non-hydrogen) atoms. The highest BCUT2D eigenvalue weighted by atomic mass is 19.1. The molecule has 0 radical (unpaired) electrons. The minimum atomic E-state index is -0.765. The second kappa shape index (κ2) is 9.77. The number of nitrogens with zero attached hydrogens (tertiary/aromatic N) is 2. The fraction of sp³-hybridized carbons (Fsp3) is 0.182. The van der Waals surface area contributed by atoms with Gasteiger partial charge in [0, 0.05) is 30.9 Å². The summed E-state index contributed by atoms with van der Waals surface area (Å²) in [6, 6.07) is 8.76. The molecule has 0 aliphatic rings. The molecule has 0 unspecified atom stereocenters. The Bertz CT molecular complexity index is 1150. The van der Waals surface area contributed by atoms with E-state index in [0.29, 0.717) is 28.3 Å². The first-order valence-electron chi connectivity index (χ1n) is 9.55. The molecule has 0 saturated carbocycles. The monoisotopic (exact) mass is 422 g/mol. The summed E-state index contributed by atoms with van der Waals surface area (Å²) >= 11 is 0. The van der Waals surface area contributed by atoms with Gasteiger partial charge in [-0.1, -0.05) is 12.1 Å². The number of allylic oxidation sites excluding steroid dienone is 1. The van der Waals surface area contributed by atoms with E-state index in [-0.39, 0.29) is 12.3 Å². The van der Waals surface area contributed by atoms with E-state index in [4.69, 9.17) is 5.41 Å². The highest BCUT2D eigenvalue weighted by molar-refractivity contribution is 5.95. The van der Waals surface area contributed by atoms with Crippen molar-refractivity contribution in [1.29, 1.82) is 5.41 Å². The first-order chi connectivity index (χ1) is 14.9. The number of carbonyl (C=O) groups is 1. The summed E-state index contributed by atoms with van der Waals surface area (Å²) in [5, 5.41) is 26.2. The van der Waals surface area contributed by atoms with Crippen LogP contribution in [0, 0.1) is 18.2 Å². The number of fused-ring (bicyclic) bond motifs is 1. The lowest BCUT2D eigenvalue weighted by Gasteiger charge is -2.17. The average Bonchev–Trinajstić information content (AvgIpc) is 2.78. The molecule has 0 bridgehead atoms. The number of rotatable bonds is 8. The van der Waals surface area contributed by atoms with Crippen molar-refractivity contribution in [3.05, 3.63) is 77.1 Å². The van der Waals surface area contributed by atoms with E-state index in [9.17, 15) is 14.3 Å². The normalized spacial score (nSPS) is 12.3. The summed E-state index contributed by atoms with van der Waals surface area (Å²) in [5.74, 6) is 0.169. The Kier molecular flexibility index (Phi) is 6.88. The second-order valence-corrected chi connectivity index (χ2v) is 6.80. The summed E-state index contributed by atoms with van der Waals surface area (Å²) in [6.07, 6.45) is 4.29. The van der Waals surface area contributed by atoms with Gasteiger partial charge in [0.15, 0.2) is 0 Å². The van der Waals surface area contributed by atoms with Crippen molar-refractivity contribution in [2.24, 2.45) is 0 Å². The SMILES string of the molecule is CN/C(=C\C=N)Nc1cc2nc(C(=O)N[C@H](CO)c3ccc(C)c(F)c3)ccc2cn1. The molecule has 0 saturated heterocycles. The van der Waals surface area contributed by atoms with Gasteiger partial charge in [0.2, 0.25) is 0 Å². The molecule has 3 rings (SSSR count). The number of aliphatic hydroxyl groups excluding tert-OH is 1. The Morgan fingerprint density at radius 1 is 1.29 bits per heavy atom. The number of hydrogen-bond donors (Lipinski definition) is 5. The molecular formula is C22H23FN6O2. The third-order valence-corrected chi connectivity index (χ3v) is 4.67. The van der Waals surface area contributed by atoms with Crippen LogP contribution < -0.4 is 16.0 Å². The molecule has 0 aliphatic carbocycles. The zero-order valence-electron chi connectivity index (χ0n) is 17.1. The number of halogens is 1. The first-order valence-corrected chi connectivity index (χ1v) is 9.55. The van der Waals surface area contributed by atoms with Crippen LogP contribution in [0.5, 0.6) is 0 Å². The van der Waals surface area contributed by atoms with E-state index < -0.39 is 17.8 Å². The number of nitrogens with one attached hydrogen (secondary N) is 4. The van der Waals surface area contributed by atoms with Gasteiger partial charge in [-0.2, -0.15) is 0 Å². The largest absolute Gasteiger partial charge is 0.394 e. The fourth-order valence-corrected chi connectivity index (χ4v) is 2.91. The van der Waals surface area contributed by atoms with Crippen molar-refractivity contribution in [1.82, 2.24) is 20.6 Å². The predicted molar refractivity (Wildman–Crippen MR) is 118 cm³/mol. The summed E-state index contributed by atoms with van der Waals surface area (Å²) in [4.78, 5) is 21.4. The van der Waals surface area contributed by atoms with Crippen molar-refractivity contribution >= 4 is 28.8 Å². The van der Waals surface area contributed by atoms with Crippen molar-refractivity contribution in [3.63, 3.8) is 0 Å². The molecule has 5 N–H and O–H groups in total. The average molecular weight is 422 g/mol. The van der Waals surface area contributed by atoms with Crippen LogP contribution in [0.1, 0.15) is 27.7 Å². The molecule has 0 spiro atoms. The summed E-state index contributed by atoms with van der Waals surface area (Å²) in [7, 11) is 1.71. The van der Waals surface area contributed by atoms with Crippen LogP contribution in [0.3, 0.4) is 0 Å². The smallest absolute Gasteiger partial charge is 0.270 e. The molecule has 0 fully saturated rings. The van der Waals surface area contributed by atoms with Gasteiger partial charge in [0.05, 0.1) is 18.2 Å². The van der Waals surface area contributed by atoms with E-state index in [0.717, 1.165) is 11.6 Å². The number of amides is 1. The highest BCUT2D eigenvalue weighted by Crippen LogP contribution is 2.19. The van der Waals surface area contributed by atoms with Crippen LogP contribution in [0.15, 0.2) is 54.5 Å². The Labute approximate surface area is 178 Å². The molecule has 1 atom stereocenters. The standard InChI is InChI=1S/C22H23FN6O2/c1-13-3-4-14(9-16(13)23)19(12-30)28-22(31)17-6-5-15-11-26-21(10-18(15)27-17)29-20(25-2)7-8-24/h3-11,19,24-25,30H,12H2,1-2H3,(H,26,29)(H,28,31)/b20-7+,24-8?/t19-/m1/s1. The van der Waals surface area contributed by atoms with E-state index in [2.05, 4.69) is 25.9 Å². The van der Waals surface area contributed by atoms with Crippen molar-refractivity contribution < 1.29 is 14.3 Å². The topological polar surface area (TPSA) is 123 Å². The summed E-state index contributed by atoms with van der Waals surface area (Å²) in [5.41, 5.74) is 1.64. The number of aromatic nitrogens is 2. The van der Waals surface area contributed by atoms with Gasteiger partial charge in [-0.15, -0.1) is 0 Å². The second-order valence-electron chi connectivity index (χ2n) is 6.80. The van der Waals surface area contributed by atoms with E-state index in [1.54, 1.807) is 50.5 Å². The van der Waals surface area contributed by atoms with Gasteiger partial charge >= 0.3 is 0 Å². The minimum absolute atomic E-state index is 0.152. The molecule has 1 amide bonds. The summed E-state index contributed by atoms with van der Waals surface area (Å²) < 4.78 is 13.9. The molecule has 2 heterocycles. The maximum Gasteiger partial charge on any atom is 0.270 e. The number of aliphatic hydroxyl groups is 1. The molecule has 9 heteroatoms. The summed E-state index contributed by atoms with van der Waals surface area (Å²) in [6.45, 7) is 1.26. The van der Waals surface area contributed by atoms with Gasteiger partial charge in [0.25, 0.3) is 5.91 Å². The molecule has 2 aromatic heterocycles. The zero-order valence-corrected chi connectivity index (χ0v) is 17.1. The number of anilines is 1. The third-order valence-electron chi connectivity index (χ3n) is 4.67. The van der Waals surface area contributed by atoms with E-state index in [1.807, 2.05) is 0 Å². The fourth-order valence-electron chi connectivity index (χ4n) is 2.91. The lowest BCUT2D eigenvalue weighted by atomic mass is 10.0. The van der Waals surface area contributed by atoms with Gasteiger partial charge < -0.3 is 26.5 Å². The molecule has 3 aromatic rings. The molecule has 160 valence electrons. The Morgan fingerprint density at radius 3 is 2.77 bits per heavy atom. The Hall–Kier alpha value is -3.85. The lowest BCUT2D eigenvalue weighted by molar-refractivity contribution is 0.0911. The van der Waals surface area contributed by atoms with Crippen LogP contribution in [-0.4, -0.2) is 40.9 Å². The van der Waals surface area contributed by atoms with Crippen LogP contribution in [0.25, 0.3) is 10.9 Å². The first kappa shape index (κ1) is 21.8. The quantitative estimate of drug-likeness (QED) is 0.356. The van der Waals surface area contributed by atoms with E-state index >= 15 is 0 Å². The van der Waals surface area contributed by atoms with Gasteiger partial charge in [-0.05, 0) is 42.3 Å². The molecule has 8 nitrogen and oxygen atoms in total. The maximum atomic E-state index is 13.9. The highest BCUT2D eigenvalue weighted by Gasteiger charge is 2.17. The van der Waals surface area contributed by atoms with Gasteiger partial charge in [-0.3, -0.25) is 4.79 Å². The van der Waals surface area contributed by atoms with Gasteiger partial charge in [-0.25, -0.2) is 14.4 Å². The Balaban J connectivity index is 1.83. The van der Waals surface area contributed by atoms with E-state index in [1.165, 1.54) is 12.1 Å². The number of benzene rings is 1. The Morgan fingerprint density at radius 2 is 2.10 bits per heavy atom. The third kappa shape index (κ3) is 5.20. The number of aryl methyl sites for hydroxylation is 1. The molecular weight excluding hydrogens is 399 g/mol. The maximum absolute atomic E-state index is 13.9. The van der Waals surface area contributed by atoms with Crippen LogP contribution in [0.2, 0.25) is 0 Å². The molecule has 0 aliphatic heterocycles. The lowest BCUT2D eigenvalue weighted by Crippen LogP contribution is -2.31. The van der Waals surface area contributed by atoms with Crippen molar-refractivity contribution in [2.45, 2.75) is 13.0 Å².